The molecule has 1 aromatic rings. The third-order valence-corrected chi connectivity index (χ3v) is 4.60. The zero-order valence-corrected chi connectivity index (χ0v) is 13.6. The Hall–Kier alpha value is -1.35. The van der Waals surface area contributed by atoms with E-state index in [1.165, 1.54) is 19.3 Å². The Bertz CT molecular complexity index is 501. The first-order valence-corrected chi connectivity index (χ1v) is 7.80. The molecule has 1 unspecified atom stereocenters. The number of ketones is 1. The van der Waals surface area contributed by atoms with E-state index in [0.717, 1.165) is 35.3 Å². The van der Waals surface area contributed by atoms with Crippen molar-refractivity contribution in [3.63, 3.8) is 0 Å². The molecule has 1 saturated carbocycles. The first kappa shape index (κ1) is 16.0. The van der Waals surface area contributed by atoms with E-state index in [-0.39, 0.29) is 11.9 Å². The minimum atomic E-state index is -0.309. The number of hydrogen-bond donors (Lipinski definition) is 0. The van der Waals surface area contributed by atoms with Crippen molar-refractivity contribution in [3.05, 3.63) is 28.8 Å². The molecule has 1 atom stereocenters. The summed E-state index contributed by atoms with van der Waals surface area (Å²) in [6.45, 7) is 3.93. The molecule has 3 heteroatoms. The average Bonchev–Trinajstić information content (AvgIpc) is 2.50. The Kier molecular flexibility index (Phi) is 5.40. The summed E-state index contributed by atoms with van der Waals surface area (Å²) >= 11 is 0. The maximum Gasteiger partial charge on any atom is 0.192 e. The molecular formula is C18H26O3. The second-order valence-electron chi connectivity index (χ2n) is 6.06. The van der Waals surface area contributed by atoms with Gasteiger partial charge in [-0.2, -0.15) is 0 Å². The van der Waals surface area contributed by atoms with E-state index >= 15 is 0 Å². The summed E-state index contributed by atoms with van der Waals surface area (Å²) < 4.78 is 10.9. The van der Waals surface area contributed by atoms with Gasteiger partial charge >= 0.3 is 0 Å². The summed E-state index contributed by atoms with van der Waals surface area (Å²) in [5.74, 6) is 1.31. The van der Waals surface area contributed by atoms with Crippen molar-refractivity contribution < 1.29 is 14.3 Å². The Labute approximate surface area is 127 Å². The van der Waals surface area contributed by atoms with E-state index in [4.69, 9.17) is 9.47 Å². The van der Waals surface area contributed by atoms with Gasteiger partial charge in [0.05, 0.1) is 7.11 Å². The molecule has 0 aromatic heterocycles. The number of carbonyl (C=O) groups excluding carboxylic acids is 1. The van der Waals surface area contributed by atoms with Crippen molar-refractivity contribution in [2.75, 3.05) is 14.2 Å². The van der Waals surface area contributed by atoms with Gasteiger partial charge in [-0.25, -0.2) is 0 Å². The largest absolute Gasteiger partial charge is 0.496 e. The van der Waals surface area contributed by atoms with Crippen molar-refractivity contribution >= 4 is 5.78 Å². The summed E-state index contributed by atoms with van der Waals surface area (Å²) in [6, 6.07) is 3.88. The van der Waals surface area contributed by atoms with Crippen molar-refractivity contribution in [3.8, 4) is 5.75 Å². The van der Waals surface area contributed by atoms with E-state index in [0.29, 0.717) is 5.92 Å². The Morgan fingerprint density at radius 3 is 2.33 bits per heavy atom. The zero-order valence-electron chi connectivity index (χ0n) is 13.6. The molecule has 2 rings (SSSR count). The van der Waals surface area contributed by atoms with Crippen LogP contribution >= 0.6 is 0 Å². The number of ether oxygens (including phenoxy) is 2. The molecule has 0 bridgehead atoms. The van der Waals surface area contributed by atoms with Crippen LogP contribution < -0.4 is 4.74 Å². The van der Waals surface area contributed by atoms with Gasteiger partial charge in [0, 0.05) is 12.7 Å². The third kappa shape index (κ3) is 3.46. The summed E-state index contributed by atoms with van der Waals surface area (Å²) in [4.78, 5) is 12.9. The molecular weight excluding hydrogens is 264 g/mol. The normalized spacial score (nSPS) is 17.5. The van der Waals surface area contributed by atoms with E-state index < -0.39 is 0 Å². The van der Waals surface area contributed by atoms with Crippen LogP contribution in [0.15, 0.2) is 12.1 Å². The fourth-order valence-corrected chi connectivity index (χ4v) is 3.38. The average molecular weight is 290 g/mol. The number of carbonyl (C=O) groups is 1. The number of rotatable bonds is 5. The van der Waals surface area contributed by atoms with E-state index in [9.17, 15) is 4.79 Å². The highest BCUT2D eigenvalue weighted by Crippen LogP contribution is 2.31. The SMILES string of the molecule is COc1cc(C)c(C(=O)C(OC)C2CCCCC2)cc1C. The Morgan fingerprint density at radius 1 is 1.10 bits per heavy atom. The number of aryl methyl sites for hydroxylation is 2. The van der Waals surface area contributed by atoms with Crippen LogP contribution in [0.3, 0.4) is 0 Å². The predicted molar refractivity (Wildman–Crippen MR) is 84.2 cm³/mol. The third-order valence-electron chi connectivity index (χ3n) is 4.60. The van der Waals surface area contributed by atoms with Crippen LogP contribution in [0.2, 0.25) is 0 Å². The molecule has 0 aliphatic heterocycles. The number of Topliss-reactive ketones (excluding diaryl/α,β-unsaturated/α-hetero) is 1. The molecule has 116 valence electrons. The molecule has 3 nitrogen and oxygen atoms in total. The lowest BCUT2D eigenvalue weighted by atomic mass is 9.82. The van der Waals surface area contributed by atoms with Gasteiger partial charge in [-0.3, -0.25) is 4.79 Å². The highest BCUT2D eigenvalue weighted by molar-refractivity contribution is 6.01. The number of hydrogen-bond acceptors (Lipinski definition) is 3. The van der Waals surface area contributed by atoms with Gasteiger partial charge in [0.15, 0.2) is 5.78 Å². The molecule has 0 saturated heterocycles. The van der Waals surface area contributed by atoms with Crippen LogP contribution in [-0.2, 0) is 4.74 Å². The summed E-state index contributed by atoms with van der Waals surface area (Å²) in [5, 5.41) is 0. The molecule has 1 fully saturated rings. The van der Waals surface area contributed by atoms with Gasteiger partial charge in [0.25, 0.3) is 0 Å². The summed E-state index contributed by atoms with van der Waals surface area (Å²) in [7, 11) is 3.31. The van der Waals surface area contributed by atoms with Gasteiger partial charge in [0.2, 0.25) is 0 Å². The highest BCUT2D eigenvalue weighted by Gasteiger charge is 2.31. The van der Waals surface area contributed by atoms with Gasteiger partial charge < -0.3 is 9.47 Å². The van der Waals surface area contributed by atoms with Gasteiger partial charge in [-0.1, -0.05) is 19.3 Å². The second kappa shape index (κ2) is 7.08. The van der Waals surface area contributed by atoms with Crippen molar-refractivity contribution in [1.29, 1.82) is 0 Å². The first-order valence-electron chi connectivity index (χ1n) is 7.80. The number of methoxy groups -OCH3 is 2. The maximum absolute atomic E-state index is 12.9. The van der Waals surface area contributed by atoms with E-state index in [1.807, 2.05) is 26.0 Å². The molecule has 1 aliphatic rings. The first-order chi connectivity index (χ1) is 10.1. The zero-order chi connectivity index (χ0) is 15.4. The van der Waals surface area contributed by atoms with Crippen LogP contribution in [0.25, 0.3) is 0 Å². The van der Waals surface area contributed by atoms with Crippen LogP contribution in [0, 0.1) is 19.8 Å². The lowest BCUT2D eigenvalue weighted by Gasteiger charge is -2.28. The topological polar surface area (TPSA) is 35.5 Å². The monoisotopic (exact) mass is 290 g/mol. The molecule has 0 radical (unpaired) electrons. The van der Waals surface area contributed by atoms with Crippen molar-refractivity contribution in [1.82, 2.24) is 0 Å². The molecule has 0 spiro atoms. The van der Waals surface area contributed by atoms with E-state index in [1.54, 1.807) is 14.2 Å². The number of benzene rings is 1. The van der Waals surface area contributed by atoms with Crippen LogP contribution in [0.4, 0.5) is 0 Å². The van der Waals surface area contributed by atoms with E-state index in [2.05, 4.69) is 0 Å². The molecule has 0 amide bonds. The Morgan fingerprint density at radius 2 is 1.76 bits per heavy atom. The molecule has 0 N–H and O–H groups in total. The Balaban J connectivity index is 2.26. The highest BCUT2D eigenvalue weighted by atomic mass is 16.5. The summed E-state index contributed by atoms with van der Waals surface area (Å²) in [6.07, 6.45) is 5.58. The van der Waals surface area contributed by atoms with Crippen LogP contribution in [-0.4, -0.2) is 26.1 Å². The summed E-state index contributed by atoms with van der Waals surface area (Å²) in [5.41, 5.74) is 2.72. The van der Waals surface area contributed by atoms with Crippen molar-refractivity contribution in [2.45, 2.75) is 52.1 Å². The fraction of sp³-hybridized carbons (Fsp3) is 0.611. The minimum absolute atomic E-state index is 0.118. The maximum atomic E-state index is 12.9. The second-order valence-corrected chi connectivity index (χ2v) is 6.06. The molecule has 1 aliphatic carbocycles. The van der Waals surface area contributed by atoms with Crippen molar-refractivity contribution in [2.24, 2.45) is 5.92 Å². The molecule has 0 heterocycles. The quantitative estimate of drug-likeness (QED) is 0.766. The lowest BCUT2D eigenvalue weighted by Crippen LogP contribution is -2.33. The molecule has 21 heavy (non-hydrogen) atoms. The minimum Gasteiger partial charge on any atom is -0.496 e. The standard InChI is InChI=1S/C18H26O3/c1-12-11-16(20-3)13(2)10-15(12)17(19)18(21-4)14-8-6-5-7-9-14/h10-11,14,18H,5-9H2,1-4H3. The smallest absolute Gasteiger partial charge is 0.192 e. The van der Waals surface area contributed by atoms with Gasteiger partial charge in [0.1, 0.15) is 11.9 Å². The van der Waals surface area contributed by atoms with Crippen LogP contribution in [0.1, 0.15) is 53.6 Å². The molecule has 1 aromatic carbocycles. The van der Waals surface area contributed by atoms with Crippen LogP contribution in [0.5, 0.6) is 5.75 Å². The lowest BCUT2D eigenvalue weighted by molar-refractivity contribution is 0.0313. The van der Waals surface area contributed by atoms with Gasteiger partial charge in [-0.05, 0) is 55.9 Å². The fourth-order valence-electron chi connectivity index (χ4n) is 3.38. The van der Waals surface area contributed by atoms with Gasteiger partial charge in [-0.15, -0.1) is 0 Å². The predicted octanol–water partition coefficient (Wildman–Crippen LogP) is 4.09.